The first kappa shape index (κ1) is 18.1. The lowest BCUT2D eigenvalue weighted by Gasteiger charge is -2.38. The molecule has 1 fully saturated rings. The van der Waals surface area contributed by atoms with Gasteiger partial charge in [-0.3, -0.25) is 9.59 Å². The van der Waals surface area contributed by atoms with Gasteiger partial charge in [-0.1, -0.05) is 18.2 Å². The molecule has 4 amide bonds. The lowest BCUT2D eigenvalue weighted by atomic mass is 9.75. The van der Waals surface area contributed by atoms with Crippen LogP contribution in [0.4, 0.5) is 10.5 Å². The van der Waals surface area contributed by atoms with Crippen LogP contribution in [0.3, 0.4) is 0 Å². The van der Waals surface area contributed by atoms with Crippen molar-refractivity contribution in [2.75, 3.05) is 25.5 Å². The molecule has 2 aliphatic rings. The summed E-state index contributed by atoms with van der Waals surface area (Å²) in [6, 6.07) is 10.6. The molecule has 28 heavy (non-hydrogen) atoms. The zero-order chi connectivity index (χ0) is 19.7. The van der Waals surface area contributed by atoms with Crippen LogP contribution in [0.15, 0.2) is 40.8 Å². The number of anilines is 1. The van der Waals surface area contributed by atoms with Crippen LogP contribution in [0.1, 0.15) is 34.7 Å². The minimum Gasteiger partial charge on any atom is -0.454 e. The standard InChI is InChI=1S/C20H22N4O4/c1-21-17(25)16-8-7-13(28-16)11-22-19(27)24-10-4-9-20(12-24)14-5-2-3-6-15(14)23-18(20)26/h2-3,5-8H,4,9-12H2,1H3,(H,21,25)(H,22,27)(H,23,26). The number of rotatable bonds is 3. The fourth-order valence-corrected chi connectivity index (χ4v) is 4.00. The predicted molar refractivity (Wildman–Crippen MR) is 102 cm³/mol. The molecule has 8 heteroatoms. The summed E-state index contributed by atoms with van der Waals surface area (Å²) >= 11 is 0. The molecule has 1 saturated heterocycles. The predicted octanol–water partition coefficient (Wildman–Crippen LogP) is 1.83. The Balaban J connectivity index is 1.44. The van der Waals surface area contributed by atoms with E-state index in [-0.39, 0.29) is 30.2 Å². The largest absolute Gasteiger partial charge is 0.454 e. The molecule has 4 rings (SSSR count). The van der Waals surface area contributed by atoms with Gasteiger partial charge >= 0.3 is 6.03 Å². The van der Waals surface area contributed by atoms with Gasteiger partial charge < -0.3 is 25.3 Å². The van der Waals surface area contributed by atoms with Gasteiger partial charge in [0.25, 0.3) is 5.91 Å². The maximum Gasteiger partial charge on any atom is 0.317 e. The van der Waals surface area contributed by atoms with E-state index in [9.17, 15) is 14.4 Å². The monoisotopic (exact) mass is 382 g/mol. The van der Waals surface area contributed by atoms with E-state index in [1.54, 1.807) is 17.0 Å². The summed E-state index contributed by atoms with van der Waals surface area (Å²) in [5.74, 6) is 0.319. The van der Waals surface area contributed by atoms with E-state index in [2.05, 4.69) is 16.0 Å². The normalized spacial score (nSPS) is 20.6. The van der Waals surface area contributed by atoms with Crippen LogP contribution in [0.25, 0.3) is 0 Å². The van der Waals surface area contributed by atoms with Crippen molar-refractivity contribution >= 4 is 23.5 Å². The summed E-state index contributed by atoms with van der Waals surface area (Å²) in [4.78, 5) is 38.6. The fourth-order valence-electron chi connectivity index (χ4n) is 4.00. The van der Waals surface area contributed by atoms with Gasteiger partial charge in [-0.05, 0) is 36.6 Å². The van der Waals surface area contributed by atoms with Crippen molar-refractivity contribution in [1.29, 1.82) is 0 Å². The molecule has 0 radical (unpaired) electrons. The zero-order valence-corrected chi connectivity index (χ0v) is 15.6. The van der Waals surface area contributed by atoms with Crippen molar-refractivity contribution in [3.63, 3.8) is 0 Å². The van der Waals surface area contributed by atoms with Crippen molar-refractivity contribution in [2.24, 2.45) is 0 Å². The van der Waals surface area contributed by atoms with E-state index < -0.39 is 5.41 Å². The fraction of sp³-hybridized carbons (Fsp3) is 0.350. The first-order valence-electron chi connectivity index (χ1n) is 9.28. The second-order valence-electron chi connectivity index (χ2n) is 7.11. The summed E-state index contributed by atoms with van der Waals surface area (Å²) in [5, 5.41) is 8.24. The lowest BCUT2D eigenvalue weighted by molar-refractivity contribution is -0.122. The maximum atomic E-state index is 12.7. The highest BCUT2D eigenvalue weighted by Crippen LogP contribution is 2.43. The first-order valence-corrected chi connectivity index (χ1v) is 9.28. The zero-order valence-electron chi connectivity index (χ0n) is 15.6. The van der Waals surface area contributed by atoms with Crippen LogP contribution in [-0.4, -0.2) is 42.9 Å². The number of para-hydroxylation sites is 1. The molecule has 0 saturated carbocycles. The second kappa shape index (κ2) is 7.03. The van der Waals surface area contributed by atoms with E-state index in [1.165, 1.54) is 7.05 Å². The number of likely N-dealkylation sites (tertiary alicyclic amines) is 1. The average Bonchev–Trinajstić information content (AvgIpc) is 3.30. The van der Waals surface area contributed by atoms with Gasteiger partial charge in [0, 0.05) is 25.8 Å². The molecule has 1 spiro atoms. The highest BCUT2D eigenvalue weighted by Gasteiger charge is 2.49. The van der Waals surface area contributed by atoms with Gasteiger partial charge in [0.15, 0.2) is 5.76 Å². The van der Waals surface area contributed by atoms with E-state index in [0.717, 1.165) is 17.7 Å². The van der Waals surface area contributed by atoms with Gasteiger partial charge in [-0.15, -0.1) is 0 Å². The van der Waals surface area contributed by atoms with Crippen molar-refractivity contribution in [1.82, 2.24) is 15.5 Å². The smallest absolute Gasteiger partial charge is 0.317 e. The van der Waals surface area contributed by atoms with Crippen molar-refractivity contribution < 1.29 is 18.8 Å². The number of benzene rings is 1. The Morgan fingerprint density at radius 2 is 2.07 bits per heavy atom. The number of fused-ring (bicyclic) bond motifs is 2. The number of amides is 4. The first-order chi connectivity index (χ1) is 13.5. The minimum atomic E-state index is -0.691. The number of hydrogen-bond acceptors (Lipinski definition) is 4. The molecule has 1 atom stereocenters. The third-order valence-electron chi connectivity index (χ3n) is 5.43. The Labute approximate surface area is 162 Å². The Morgan fingerprint density at radius 1 is 1.25 bits per heavy atom. The molecule has 3 heterocycles. The summed E-state index contributed by atoms with van der Waals surface area (Å²) in [5.41, 5.74) is 1.09. The molecule has 3 N–H and O–H groups in total. The Bertz CT molecular complexity index is 938. The van der Waals surface area contributed by atoms with Gasteiger partial charge in [0.1, 0.15) is 5.76 Å². The van der Waals surface area contributed by atoms with Crippen LogP contribution >= 0.6 is 0 Å². The Kier molecular flexibility index (Phi) is 4.54. The Morgan fingerprint density at radius 3 is 2.89 bits per heavy atom. The maximum absolute atomic E-state index is 12.7. The minimum absolute atomic E-state index is 0.0487. The average molecular weight is 382 g/mol. The number of piperidine rings is 1. The molecular formula is C20H22N4O4. The number of urea groups is 1. The topological polar surface area (TPSA) is 104 Å². The number of nitrogens with zero attached hydrogens (tertiary/aromatic N) is 1. The van der Waals surface area contributed by atoms with E-state index in [1.807, 2.05) is 24.3 Å². The van der Waals surface area contributed by atoms with E-state index in [4.69, 9.17) is 4.42 Å². The molecule has 1 aromatic heterocycles. The van der Waals surface area contributed by atoms with Gasteiger partial charge in [-0.2, -0.15) is 0 Å². The van der Waals surface area contributed by atoms with Gasteiger partial charge in [0.2, 0.25) is 5.91 Å². The lowest BCUT2D eigenvalue weighted by Crippen LogP contribution is -2.54. The molecule has 0 bridgehead atoms. The van der Waals surface area contributed by atoms with Crippen LogP contribution in [0.2, 0.25) is 0 Å². The molecule has 8 nitrogen and oxygen atoms in total. The van der Waals surface area contributed by atoms with E-state index in [0.29, 0.717) is 25.3 Å². The molecule has 146 valence electrons. The highest BCUT2D eigenvalue weighted by atomic mass is 16.4. The quantitative estimate of drug-likeness (QED) is 0.753. The molecule has 0 aliphatic carbocycles. The molecule has 2 aromatic rings. The summed E-state index contributed by atoms with van der Waals surface area (Å²) in [7, 11) is 1.52. The molecular weight excluding hydrogens is 360 g/mol. The Hall–Kier alpha value is -3.29. The van der Waals surface area contributed by atoms with Crippen molar-refractivity contribution in [3.05, 3.63) is 53.5 Å². The summed E-state index contributed by atoms with van der Waals surface area (Å²) in [6.07, 6.45) is 1.46. The van der Waals surface area contributed by atoms with Gasteiger partial charge in [-0.25, -0.2) is 4.79 Å². The molecule has 1 unspecified atom stereocenters. The number of hydrogen-bond donors (Lipinski definition) is 3. The third-order valence-corrected chi connectivity index (χ3v) is 5.43. The number of nitrogens with one attached hydrogen (secondary N) is 3. The molecule has 2 aliphatic heterocycles. The number of carbonyl (C=O) groups excluding carboxylic acids is 3. The SMILES string of the molecule is CNC(=O)c1ccc(CNC(=O)N2CCCC3(C2)C(=O)Nc2ccccc23)o1. The van der Waals surface area contributed by atoms with Crippen LogP contribution in [-0.2, 0) is 16.8 Å². The van der Waals surface area contributed by atoms with Crippen LogP contribution < -0.4 is 16.0 Å². The summed E-state index contributed by atoms with van der Waals surface area (Å²) < 4.78 is 5.42. The van der Waals surface area contributed by atoms with E-state index >= 15 is 0 Å². The van der Waals surface area contributed by atoms with Crippen LogP contribution in [0.5, 0.6) is 0 Å². The van der Waals surface area contributed by atoms with Crippen molar-refractivity contribution in [3.8, 4) is 0 Å². The second-order valence-corrected chi connectivity index (χ2v) is 7.11. The summed E-state index contributed by atoms with van der Waals surface area (Å²) in [6.45, 7) is 1.09. The molecule has 1 aromatic carbocycles. The van der Waals surface area contributed by atoms with Crippen molar-refractivity contribution in [2.45, 2.75) is 24.8 Å². The number of furan rings is 1. The number of carbonyl (C=O) groups is 3. The third kappa shape index (κ3) is 3.00. The van der Waals surface area contributed by atoms with Crippen LogP contribution in [0, 0.1) is 0 Å². The van der Waals surface area contributed by atoms with Gasteiger partial charge in [0.05, 0.1) is 12.0 Å². The highest BCUT2D eigenvalue weighted by molar-refractivity contribution is 6.06.